The van der Waals surface area contributed by atoms with Gasteiger partial charge in [-0.25, -0.2) is 4.79 Å². The molecule has 0 bridgehead atoms. The molecule has 1 saturated carbocycles. The second-order valence-corrected chi connectivity index (χ2v) is 5.99. The molecular formula is C18H28O3. The average molecular weight is 292 g/mol. The lowest BCUT2D eigenvalue weighted by Crippen LogP contribution is -2.29. The summed E-state index contributed by atoms with van der Waals surface area (Å²) in [7, 11) is 1.26. The summed E-state index contributed by atoms with van der Waals surface area (Å²) in [5.41, 5.74) is 0.660. The summed E-state index contributed by atoms with van der Waals surface area (Å²) in [6.45, 7) is 3.73. The molecule has 118 valence electrons. The fourth-order valence-corrected chi connectivity index (χ4v) is 3.50. The minimum atomic E-state index is -0.509. The molecule has 2 rings (SSSR count). The van der Waals surface area contributed by atoms with Crippen molar-refractivity contribution in [3.8, 4) is 0 Å². The van der Waals surface area contributed by atoms with Crippen molar-refractivity contribution >= 4 is 11.8 Å². The number of hydrogen-bond acceptors (Lipinski definition) is 3. The first-order valence-electron chi connectivity index (χ1n) is 7.98. The third-order valence-corrected chi connectivity index (χ3v) is 4.63. The Balaban J connectivity index is 0.000000222. The summed E-state index contributed by atoms with van der Waals surface area (Å²) in [6.07, 6.45) is 17.3. The number of carbonyl (C=O) groups is 2. The van der Waals surface area contributed by atoms with E-state index in [0.29, 0.717) is 5.41 Å². The van der Waals surface area contributed by atoms with Gasteiger partial charge < -0.3 is 4.74 Å². The van der Waals surface area contributed by atoms with Crippen LogP contribution in [0.3, 0.4) is 0 Å². The van der Waals surface area contributed by atoms with Gasteiger partial charge in [0, 0.05) is 6.08 Å². The number of methoxy groups -OCH3 is 1. The summed E-state index contributed by atoms with van der Waals surface area (Å²) in [6, 6.07) is 0. The van der Waals surface area contributed by atoms with Gasteiger partial charge in [-0.2, -0.15) is 0 Å². The largest absolute Gasteiger partial charge is 0.466 e. The first kappa shape index (κ1) is 17.7. The Kier molecular flexibility index (Phi) is 7.41. The molecule has 0 aromatic carbocycles. The molecule has 0 aliphatic heterocycles. The molecule has 3 nitrogen and oxygen atoms in total. The van der Waals surface area contributed by atoms with Gasteiger partial charge >= 0.3 is 5.97 Å². The van der Waals surface area contributed by atoms with Gasteiger partial charge in [0.25, 0.3) is 0 Å². The van der Waals surface area contributed by atoms with Crippen LogP contribution in [-0.4, -0.2) is 18.9 Å². The molecule has 0 amide bonds. The van der Waals surface area contributed by atoms with Gasteiger partial charge in [0.15, 0.2) is 5.78 Å². The van der Waals surface area contributed by atoms with Crippen molar-refractivity contribution in [1.29, 1.82) is 0 Å². The average Bonchev–Trinajstić information content (AvgIpc) is 2.95. The first-order chi connectivity index (χ1) is 10.0. The Morgan fingerprint density at radius 2 is 2.05 bits per heavy atom. The fourth-order valence-electron chi connectivity index (χ4n) is 3.50. The number of esters is 1. The monoisotopic (exact) mass is 292 g/mol. The molecule has 0 N–H and O–H groups in total. The highest BCUT2D eigenvalue weighted by molar-refractivity contribution is 5.94. The number of ether oxygens (including phenoxy) is 1. The number of carbonyl (C=O) groups excluding carboxylic acids is 2. The highest BCUT2D eigenvalue weighted by Gasteiger charge is 2.38. The van der Waals surface area contributed by atoms with E-state index >= 15 is 0 Å². The first-order valence-corrected chi connectivity index (χ1v) is 7.98. The summed E-state index contributed by atoms with van der Waals surface area (Å²) in [5.74, 6) is 0.329. The summed E-state index contributed by atoms with van der Waals surface area (Å²) >= 11 is 0. The van der Waals surface area contributed by atoms with Gasteiger partial charge in [0.05, 0.1) is 7.11 Å². The van der Waals surface area contributed by atoms with Crippen LogP contribution in [0.1, 0.15) is 58.8 Å². The van der Waals surface area contributed by atoms with Crippen LogP contribution in [0.5, 0.6) is 0 Å². The predicted molar refractivity (Wildman–Crippen MR) is 84.9 cm³/mol. The van der Waals surface area contributed by atoms with E-state index in [1.807, 2.05) is 0 Å². The molecule has 0 aromatic rings. The maximum atomic E-state index is 10.3. The van der Waals surface area contributed by atoms with Crippen LogP contribution >= 0.6 is 0 Å². The fraction of sp³-hybridized carbons (Fsp3) is 0.667. The molecule has 0 radical (unpaired) electrons. The molecule has 2 atom stereocenters. The van der Waals surface area contributed by atoms with Crippen LogP contribution in [0.2, 0.25) is 0 Å². The molecule has 1 fully saturated rings. The van der Waals surface area contributed by atoms with Gasteiger partial charge in [-0.1, -0.05) is 38.3 Å². The lowest BCUT2D eigenvalue weighted by atomic mass is 9.65. The van der Waals surface area contributed by atoms with Gasteiger partial charge in [-0.15, -0.1) is 0 Å². The zero-order valence-electron chi connectivity index (χ0n) is 13.6. The molecular weight excluding hydrogens is 264 g/mol. The van der Waals surface area contributed by atoms with Crippen LogP contribution in [0.15, 0.2) is 24.3 Å². The number of hydrogen-bond donors (Lipinski definition) is 0. The van der Waals surface area contributed by atoms with Gasteiger partial charge in [-0.3, -0.25) is 4.79 Å². The zero-order chi connectivity index (χ0) is 15.7. The van der Waals surface area contributed by atoms with Gasteiger partial charge in [-0.05, 0) is 50.0 Å². The third kappa shape index (κ3) is 5.49. The maximum Gasteiger partial charge on any atom is 0.330 e. The summed E-state index contributed by atoms with van der Waals surface area (Å²) in [5, 5.41) is 0. The summed E-state index contributed by atoms with van der Waals surface area (Å²) < 4.78 is 4.22. The topological polar surface area (TPSA) is 43.4 Å². The van der Waals surface area contributed by atoms with Crippen molar-refractivity contribution in [2.75, 3.05) is 7.11 Å². The number of rotatable bonds is 3. The predicted octanol–water partition coefficient (Wildman–Crippen LogP) is 4.23. The van der Waals surface area contributed by atoms with Crippen molar-refractivity contribution < 1.29 is 14.3 Å². The minimum absolute atomic E-state index is 0.166. The molecule has 21 heavy (non-hydrogen) atoms. The molecule has 3 heteroatoms. The van der Waals surface area contributed by atoms with Crippen molar-refractivity contribution in [2.24, 2.45) is 11.3 Å². The smallest absolute Gasteiger partial charge is 0.330 e. The van der Waals surface area contributed by atoms with E-state index in [0.717, 1.165) is 18.1 Å². The molecule has 2 aliphatic rings. The zero-order valence-corrected chi connectivity index (χ0v) is 13.6. The molecule has 2 unspecified atom stereocenters. The second kappa shape index (κ2) is 8.81. The minimum Gasteiger partial charge on any atom is -0.466 e. The van der Waals surface area contributed by atoms with Crippen molar-refractivity contribution in [3.63, 3.8) is 0 Å². The van der Waals surface area contributed by atoms with Gasteiger partial charge in [0.2, 0.25) is 0 Å². The standard InChI is InChI=1S/C12H20.C6H8O3/c1-2-11-7-3-4-8-12(11)9-5-6-10-12;1-5(7)3-4-6(8)9-2/h5,9,11H,2-4,6-8,10H2,1H3;3-4H,1-2H3. The van der Waals surface area contributed by atoms with E-state index in [-0.39, 0.29) is 5.78 Å². The van der Waals surface area contributed by atoms with Crippen LogP contribution in [0, 0.1) is 11.3 Å². The quantitative estimate of drug-likeness (QED) is 0.444. The van der Waals surface area contributed by atoms with Crippen LogP contribution < -0.4 is 0 Å². The Bertz CT molecular complexity index is 409. The Morgan fingerprint density at radius 3 is 2.57 bits per heavy atom. The van der Waals surface area contributed by atoms with Crippen molar-refractivity contribution in [3.05, 3.63) is 24.3 Å². The molecule has 0 aromatic heterocycles. The third-order valence-electron chi connectivity index (χ3n) is 4.63. The Labute approximate surface area is 128 Å². The number of allylic oxidation sites excluding steroid dienone is 3. The SMILES string of the molecule is CCC1CCCCC12C=CCC2.COC(=O)C=CC(C)=O. The summed E-state index contributed by atoms with van der Waals surface area (Å²) in [4.78, 5) is 20.4. The lowest BCUT2D eigenvalue weighted by Gasteiger charge is -2.40. The van der Waals surface area contributed by atoms with Crippen LogP contribution in [-0.2, 0) is 14.3 Å². The van der Waals surface area contributed by atoms with Crippen molar-refractivity contribution in [1.82, 2.24) is 0 Å². The molecule has 2 aliphatic carbocycles. The van der Waals surface area contributed by atoms with E-state index < -0.39 is 5.97 Å². The lowest BCUT2D eigenvalue weighted by molar-refractivity contribution is -0.135. The van der Waals surface area contributed by atoms with Crippen LogP contribution in [0.25, 0.3) is 0 Å². The van der Waals surface area contributed by atoms with E-state index in [1.165, 1.54) is 59.0 Å². The maximum absolute atomic E-state index is 10.3. The Morgan fingerprint density at radius 1 is 1.29 bits per heavy atom. The molecule has 0 saturated heterocycles. The highest BCUT2D eigenvalue weighted by Crippen LogP contribution is 2.50. The highest BCUT2D eigenvalue weighted by atomic mass is 16.5. The van der Waals surface area contributed by atoms with E-state index in [4.69, 9.17) is 0 Å². The van der Waals surface area contributed by atoms with E-state index in [9.17, 15) is 9.59 Å². The van der Waals surface area contributed by atoms with Crippen LogP contribution in [0.4, 0.5) is 0 Å². The van der Waals surface area contributed by atoms with E-state index in [2.05, 4.69) is 23.8 Å². The van der Waals surface area contributed by atoms with Crippen molar-refractivity contribution in [2.45, 2.75) is 58.8 Å². The van der Waals surface area contributed by atoms with E-state index in [1.54, 1.807) is 0 Å². The second-order valence-electron chi connectivity index (χ2n) is 5.99. The number of ketones is 1. The normalized spacial score (nSPS) is 27.5. The molecule has 0 heterocycles. The molecule has 1 spiro atoms. The Hall–Kier alpha value is -1.38. The van der Waals surface area contributed by atoms with Gasteiger partial charge in [0.1, 0.15) is 0 Å².